The van der Waals surface area contributed by atoms with Crippen LogP contribution in [0.1, 0.15) is 22.8 Å². The van der Waals surface area contributed by atoms with Gasteiger partial charge in [-0.2, -0.15) is 13.2 Å². The molecule has 7 heteroatoms. The Morgan fingerprint density at radius 2 is 1.88 bits per heavy atom. The van der Waals surface area contributed by atoms with Crippen molar-refractivity contribution in [3.05, 3.63) is 53.6 Å². The molecule has 3 nitrogen and oxygen atoms in total. The molecule has 3 aromatic rings. The number of benzene rings is 2. The van der Waals surface area contributed by atoms with Gasteiger partial charge in [0.1, 0.15) is 5.01 Å². The number of carbonyl (C=O) groups excluding carboxylic acids is 1. The van der Waals surface area contributed by atoms with E-state index in [0.29, 0.717) is 21.7 Å². The Morgan fingerprint density at radius 3 is 2.50 bits per heavy atom. The average Bonchev–Trinajstić information content (AvgIpc) is 2.97. The molecule has 0 N–H and O–H groups in total. The molecule has 0 atom stereocenters. The Hall–Kier alpha value is -2.41. The summed E-state index contributed by atoms with van der Waals surface area (Å²) in [6.07, 6.45) is -4.36. The summed E-state index contributed by atoms with van der Waals surface area (Å²) in [5, 5.41) is 0.597. The smallest absolute Gasteiger partial charge is 0.416 e. The fourth-order valence-corrected chi connectivity index (χ4v) is 3.20. The van der Waals surface area contributed by atoms with Crippen molar-refractivity contribution in [2.45, 2.75) is 13.1 Å². The van der Waals surface area contributed by atoms with Crippen molar-refractivity contribution in [1.82, 2.24) is 4.98 Å². The van der Waals surface area contributed by atoms with Crippen molar-refractivity contribution in [3.63, 3.8) is 0 Å². The first-order valence-electron chi connectivity index (χ1n) is 7.14. The zero-order valence-corrected chi connectivity index (χ0v) is 13.4. The summed E-state index contributed by atoms with van der Waals surface area (Å²) < 4.78 is 43.6. The summed E-state index contributed by atoms with van der Waals surface area (Å²) in [4.78, 5) is 16.2. The highest BCUT2D eigenvalue weighted by atomic mass is 32.1. The van der Waals surface area contributed by atoms with E-state index >= 15 is 0 Å². The molecule has 0 bridgehead atoms. The van der Waals surface area contributed by atoms with Gasteiger partial charge in [0.2, 0.25) is 0 Å². The molecule has 0 radical (unpaired) electrons. The molecule has 1 aromatic heterocycles. The molecule has 0 amide bonds. The SMILES string of the molecule is CCOC(=O)c1ccc2nc(-c3ccc(C(F)(F)F)cc3)sc2c1. The number of thiazole rings is 1. The zero-order valence-electron chi connectivity index (χ0n) is 12.6. The number of alkyl halides is 3. The summed E-state index contributed by atoms with van der Waals surface area (Å²) in [5.41, 5.74) is 1.01. The number of hydrogen-bond donors (Lipinski definition) is 0. The molecule has 124 valence electrons. The molecule has 0 aliphatic heterocycles. The number of esters is 1. The van der Waals surface area contributed by atoms with Crippen LogP contribution in [0.5, 0.6) is 0 Å². The Morgan fingerprint density at radius 1 is 1.17 bits per heavy atom. The van der Waals surface area contributed by atoms with E-state index in [1.54, 1.807) is 25.1 Å². The van der Waals surface area contributed by atoms with E-state index in [0.717, 1.165) is 16.8 Å². The highest BCUT2D eigenvalue weighted by Crippen LogP contribution is 2.34. The van der Waals surface area contributed by atoms with Crippen LogP contribution in [0.25, 0.3) is 20.8 Å². The maximum Gasteiger partial charge on any atom is 0.416 e. The van der Waals surface area contributed by atoms with Crippen molar-refractivity contribution >= 4 is 27.5 Å². The van der Waals surface area contributed by atoms with E-state index in [1.165, 1.54) is 23.5 Å². The van der Waals surface area contributed by atoms with Crippen LogP contribution in [0.15, 0.2) is 42.5 Å². The average molecular weight is 351 g/mol. The van der Waals surface area contributed by atoms with Gasteiger partial charge in [-0.3, -0.25) is 0 Å². The molecular weight excluding hydrogens is 339 g/mol. The maximum absolute atomic E-state index is 12.6. The number of ether oxygens (including phenoxy) is 1. The first kappa shape index (κ1) is 16.4. The van der Waals surface area contributed by atoms with Crippen molar-refractivity contribution in [1.29, 1.82) is 0 Å². The third kappa shape index (κ3) is 3.26. The molecule has 24 heavy (non-hydrogen) atoms. The monoisotopic (exact) mass is 351 g/mol. The molecule has 0 aliphatic rings. The number of hydrogen-bond acceptors (Lipinski definition) is 4. The molecule has 0 unspecified atom stereocenters. The number of aromatic nitrogens is 1. The number of halogens is 3. The second-order valence-corrected chi connectivity index (χ2v) is 6.03. The summed E-state index contributed by atoms with van der Waals surface area (Å²) in [7, 11) is 0. The topological polar surface area (TPSA) is 39.2 Å². The molecule has 0 aliphatic carbocycles. The second-order valence-electron chi connectivity index (χ2n) is 5.00. The van der Waals surface area contributed by atoms with Crippen LogP contribution < -0.4 is 0 Å². The summed E-state index contributed by atoms with van der Waals surface area (Å²) in [5.74, 6) is -0.413. The van der Waals surface area contributed by atoms with Crippen molar-refractivity contribution in [3.8, 4) is 10.6 Å². The number of fused-ring (bicyclic) bond motifs is 1. The van der Waals surface area contributed by atoms with Gasteiger partial charge in [0, 0.05) is 5.56 Å². The Kier molecular flexibility index (Phi) is 4.28. The van der Waals surface area contributed by atoms with Crippen LogP contribution in [0, 0.1) is 0 Å². The van der Waals surface area contributed by atoms with Crippen LogP contribution >= 0.6 is 11.3 Å². The maximum atomic E-state index is 12.6. The molecule has 3 rings (SSSR count). The van der Waals surface area contributed by atoms with Gasteiger partial charge in [-0.1, -0.05) is 12.1 Å². The van der Waals surface area contributed by atoms with Gasteiger partial charge in [-0.05, 0) is 37.3 Å². The Labute approximate surface area is 139 Å². The van der Waals surface area contributed by atoms with E-state index in [2.05, 4.69) is 4.98 Å². The van der Waals surface area contributed by atoms with Crippen molar-refractivity contribution in [2.75, 3.05) is 6.61 Å². The molecule has 2 aromatic carbocycles. The lowest BCUT2D eigenvalue weighted by molar-refractivity contribution is -0.137. The molecule has 0 fully saturated rings. The summed E-state index contributed by atoms with van der Waals surface area (Å²) in [6, 6.07) is 9.86. The quantitative estimate of drug-likeness (QED) is 0.612. The molecule has 0 saturated carbocycles. The van der Waals surface area contributed by atoms with Crippen LogP contribution in [0.2, 0.25) is 0 Å². The predicted octanol–water partition coefficient (Wildman–Crippen LogP) is 5.16. The highest BCUT2D eigenvalue weighted by Gasteiger charge is 2.30. The van der Waals surface area contributed by atoms with Gasteiger partial charge in [-0.25, -0.2) is 9.78 Å². The minimum Gasteiger partial charge on any atom is -0.462 e. The van der Waals surface area contributed by atoms with Crippen LogP contribution in [-0.2, 0) is 10.9 Å². The Balaban J connectivity index is 1.94. The van der Waals surface area contributed by atoms with Gasteiger partial charge >= 0.3 is 12.1 Å². The second kappa shape index (κ2) is 6.24. The third-order valence-corrected chi connectivity index (χ3v) is 4.43. The summed E-state index contributed by atoms with van der Waals surface area (Å²) >= 11 is 1.31. The lowest BCUT2D eigenvalue weighted by Crippen LogP contribution is -2.03. The van der Waals surface area contributed by atoms with Crippen molar-refractivity contribution in [2.24, 2.45) is 0 Å². The zero-order chi connectivity index (χ0) is 17.3. The summed E-state index contributed by atoms with van der Waals surface area (Å²) in [6.45, 7) is 2.02. The van der Waals surface area contributed by atoms with E-state index in [4.69, 9.17) is 4.74 Å². The molecule has 0 saturated heterocycles. The first-order chi connectivity index (χ1) is 11.4. The fourth-order valence-electron chi connectivity index (χ4n) is 2.19. The van der Waals surface area contributed by atoms with Gasteiger partial charge in [-0.15, -0.1) is 11.3 Å². The molecule has 0 spiro atoms. The van der Waals surface area contributed by atoms with E-state index < -0.39 is 17.7 Å². The Bertz CT molecular complexity index is 885. The lowest BCUT2D eigenvalue weighted by Gasteiger charge is -2.06. The van der Waals surface area contributed by atoms with Crippen molar-refractivity contribution < 1.29 is 22.7 Å². The van der Waals surface area contributed by atoms with Gasteiger partial charge in [0.05, 0.1) is 28.0 Å². The lowest BCUT2D eigenvalue weighted by atomic mass is 10.1. The van der Waals surface area contributed by atoms with Gasteiger partial charge in [0.25, 0.3) is 0 Å². The van der Waals surface area contributed by atoms with E-state index in [1.807, 2.05) is 0 Å². The van der Waals surface area contributed by atoms with Crippen LogP contribution in [0.4, 0.5) is 13.2 Å². The predicted molar refractivity (Wildman–Crippen MR) is 86.0 cm³/mol. The largest absolute Gasteiger partial charge is 0.462 e. The molecular formula is C17H12F3NO2S. The highest BCUT2D eigenvalue weighted by molar-refractivity contribution is 7.21. The third-order valence-electron chi connectivity index (χ3n) is 3.36. The van der Waals surface area contributed by atoms with Crippen LogP contribution in [0.3, 0.4) is 0 Å². The minimum atomic E-state index is -4.36. The fraction of sp³-hybridized carbons (Fsp3) is 0.176. The molecule has 1 heterocycles. The number of carbonyl (C=O) groups is 1. The van der Waals surface area contributed by atoms with Gasteiger partial charge < -0.3 is 4.74 Å². The van der Waals surface area contributed by atoms with E-state index in [-0.39, 0.29) is 6.61 Å². The normalized spacial score (nSPS) is 11.7. The standard InChI is InChI=1S/C17H12F3NO2S/c1-2-23-16(22)11-5-8-13-14(9-11)24-15(21-13)10-3-6-12(7-4-10)17(18,19)20/h3-9H,2H2,1H3. The number of nitrogens with zero attached hydrogens (tertiary/aromatic N) is 1. The minimum absolute atomic E-state index is 0.288. The van der Waals surface area contributed by atoms with E-state index in [9.17, 15) is 18.0 Å². The first-order valence-corrected chi connectivity index (χ1v) is 7.95. The number of rotatable bonds is 3. The van der Waals surface area contributed by atoms with Gasteiger partial charge in [0.15, 0.2) is 0 Å². The van der Waals surface area contributed by atoms with Crippen LogP contribution in [-0.4, -0.2) is 17.6 Å².